The first-order chi connectivity index (χ1) is 14.1. The van der Waals surface area contributed by atoms with Crippen molar-refractivity contribution >= 4 is 27.9 Å². The zero-order chi connectivity index (χ0) is 20.2. The van der Waals surface area contributed by atoms with Gasteiger partial charge in [0.25, 0.3) is 11.5 Å². The number of hydrogen-bond acceptors (Lipinski definition) is 6. The fourth-order valence-corrected chi connectivity index (χ4v) is 3.44. The third-order valence-electron chi connectivity index (χ3n) is 4.21. The molecule has 0 radical (unpaired) electrons. The van der Waals surface area contributed by atoms with Crippen LogP contribution in [0.1, 0.15) is 16.1 Å². The Labute approximate surface area is 170 Å². The zero-order valence-corrected chi connectivity index (χ0v) is 16.3. The number of nitrogens with one attached hydrogen (secondary N) is 1. The molecule has 4 rings (SSSR count). The van der Waals surface area contributed by atoms with Crippen LogP contribution in [0.4, 0.5) is 5.69 Å². The average Bonchev–Trinajstić information content (AvgIpc) is 3.22. The summed E-state index contributed by atoms with van der Waals surface area (Å²) < 4.78 is 12.3. The van der Waals surface area contributed by atoms with Gasteiger partial charge in [-0.05, 0) is 48.5 Å². The van der Waals surface area contributed by atoms with Gasteiger partial charge in [0.05, 0.1) is 12.8 Å². The van der Waals surface area contributed by atoms with E-state index >= 15 is 0 Å². The highest BCUT2D eigenvalue weighted by Crippen LogP contribution is 2.18. The normalized spacial score (nSPS) is 10.7. The van der Waals surface area contributed by atoms with E-state index in [2.05, 4.69) is 10.3 Å². The van der Waals surface area contributed by atoms with Crippen LogP contribution in [-0.2, 0) is 6.61 Å². The number of rotatable bonds is 6. The molecule has 1 N–H and O–H groups in total. The van der Waals surface area contributed by atoms with Crippen molar-refractivity contribution in [2.24, 2.45) is 0 Å². The largest absolute Gasteiger partial charge is 0.497 e. The quantitative estimate of drug-likeness (QED) is 0.528. The number of thiazole rings is 1. The fourth-order valence-electron chi connectivity index (χ4n) is 2.70. The Bertz CT molecular complexity index is 1200. The number of fused-ring (bicyclic) bond motifs is 1. The summed E-state index contributed by atoms with van der Waals surface area (Å²) in [6.07, 6.45) is 1.69. The van der Waals surface area contributed by atoms with E-state index in [-0.39, 0.29) is 18.1 Å². The first-order valence-corrected chi connectivity index (χ1v) is 9.64. The Morgan fingerprint density at radius 3 is 2.55 bits per heavy atom. The molecule has 8 heteroatoms. The molecule has 0 unspecified atom stereocenters. The Kier molecular flexibility index (Phi) is 5.26. The van der Waals surface area contributed by atoms with Crippen LogP contribution in [0.3, 0.4) is 0 Å². The molecule has 1 amide bonds. The van der Waals surface area contributed by atoms with Gasteiger partial charge in [0.15, 0.2) is 4.96 Å². The van der Waals surface area contributed by atoms with Crippen LogP contribution in [0.25, 0.3) is 4.96 Å². The van der Waals surface area contributed by atoms with Crippen molar-refractivity contribution in [2.45, 2.75) is 6.61 Å². The van der Waals surface area contributed by atoms with Gasteiger partial charge in [-0.15, -0.1) is 11.3 Å². The molecule has 0 saturated heterocycles. The van der Waals surface area contributed by atoms with E-state index in [1.165, 1.54) is 21.8 Å². The molecule has 0 aliphatic carbocycles. The summed E-state index contributed by atoms with van der Waals surface area (Å²) in [6.45, 7) is 0.182. The Balaban J connectivity index is 1.38. The summed E-state index contributed by atoms with van der Waals surface area (Å²) in [5, 5.41) is 4.64. The molecule has 2 heterocycles. The molecule has 0 fully saturated rings. The number of nitrogens with zero attached hydrogens (tertiary/aromatic N) is 2. The SMILES string of the molecule is COc1ccc(C(=O)Nc2ccc(OCc3cc(=O)n4ccsc4n3)cc2)cc1. The Morgan fingerprint density at radius 2 is 1.83 bits per heavy atom. The smallest absolute Gasteiger partial charge is 0.258 e. The van der Waals surface area contributed by atoms with Crippen molar-refractivity contribution in [3.8, 4) is 11.5 Å². The van der Waals surface area contributed by atoms with Crippen LogP contribution in [-0.4, -0.2) is 22.4 Å². The molecule has 146 valence electrons. The third kappa shape index (κ3) is 4.27. The minimum Gasteiger partial charge on any atom is -0.497 e. The van der Waals surface area contributed by atoms with Gasteiger partial charge in [-0.2, -0.15) is 0 Å². The van der Waals surface area contributed by atoms with Gasteiger partial charge in [-0.3, -0.25) is 14.0 Å². The number of methoxy groups -OCH3 is 1. The molecule has 0 atom stereocenters. The number of aromatic nitrogens is 2. The highest BCUT2D eigenvalue weighted by molar-refractivity contribution is 7.15. The monoisotopic (exact) mass is 407 g/mol. The first kappa shape index (κ1) is 18.7. The minimum absolute atomic E-state index is 0.133. The molecule has 0 aliphatic rings. The molecule has 2 aromatic heterocycles. The number of benzene rings is 2. The maximum atomic E-state index is 12.3. The highest BCUT2D eigenvalue weighted by Gasteiger charge is 2.07. The molecule has 0 saturated carbocycles. The fraction of sp³-hybridized carbons (Fsp3) is 0.0952. The summed E-state index contributed by atoms with van der Waals surface area (Å²) in [5.74, 6) is 1.09. The Morgan fingerprint density at radius 1 is 1.10 bits per heavy atom. The number of anilines is 1. The first-order valence-electron chi connectivity index (χ1n) is 8.76. The predicted molar refractivity (Wildman–Crippen MR) is 111 cm³/mol. The minimum atomic E-state index is -0.213. The van der Waals surface area contributed by atoms with Gasteiger partial charge >= 0.3 is 0 Å². The highest BCUT2D eigenvalue weighted by atomic mass is 32.1. The van der Waals surface area contributed by atoms with Crippen LogP contribution < -0.4 is 20.3 Å². The van der Waals surface area contributed by atoms with Gasteiger partial charge in [-0.1, -0.05) is 0 Å². The lowest BCUT2D eigenvalue weighted by Crippen LogP contribution is -2.14. The zero-order valence-electron chi connectivity index (χ0n) is 15.5. The van der Waals surface area contributed by atoms with Crippen LogP contribution in [0.2, 0.25) is 0 Å². The second kappa shape index (κ2) is 8.15. The summed E-state index contributed by atoms with van der Waals surface area (Å²) in [6, 6.07) is 15.3. The van der Waals surface area contributed by atoms with Gasteiger partial charge in [-0.25, -0.2) is 4.98 Å². The van der Waals surface area contributed by atoms with Gasteiger partial charge < -0.3 is 14.8 Å². The molecule has 7 nitrogen and oxygen atoms in total. The summed E-state index contributed by atoms with van der Waals surface area (Å²) in [7, 11) is 1.58. The lowest BCUT2D eigenvalue weighted by molar-refractivity contribution is 0.102. The summed E-state index contributed by atoms with van der Waals surface area (Å²) in [4.78, 5) is 29.3. The number of hydrogen-bond donors (Lipinski definition) is 1. The second-order valence-corrected chi connectivity index (χ2v) is 7.01. The summed E-state index contributed by atoms with van der Waals surface area (Å²) in [5.41, 5.74) is 1.61. The molecular weight excluding hydrogens is 390 g/mol. The standard InChI is InChI=1S/C21H17N3O4S/c1-27-17-6-2-14(3-7-17)20(26)22-15-4-8-18(9-5-15)28-13-16-12-19(25)24-10-11-29-21(24)23-16/h2-12H,13H2,1H3,(H,22,26). The van der Waals surface area contributed by atoms with Crippen molar-refractivity contribution in [1.29, 1.82) is 0 Å². The number of ether oxygens (including phenoxy) is 2. The van der Waals surface area contributed by atoms with Crippen molar-refractivity contribution < 1.29 is 14.3 Å². The number of carbonyl (C=O) groups is 1. The molecule has 0 bridgehead atoms. The van der Waals surface area contributed by atoms with Crippen LogP contribution in [0.5, 0.6) is 11.5 Å². The molecule has 2 aromatic carbocycles. The lowest BCUT2D eigenvalue weighted by Gasteiger charge is -2.09. The van der Waals surface area contributed by atoms with Crippen molar-refractivity contribution in [3.05, 3.63) is 87.8 Å². The molecule has 0 aliphatic heterocycles. The third-order valence-corrected chi connectivity index (χ3v) is 4.96. The van der Waals surface area contributed by atoms with Gasteiger partial charge in [0.2, 0.25) is 0 Å². The average molecular weight is 407 g/mol. The topological polar surface area (TPSA) is 81.9 Å². The second-order valence-electron chi connectivity index (χ2n) is 6.14. The van der Waals surface area contributed by atoms with E-state index in [0.29, 0.717) is 33.4 Å². The molecule has 0 spiro atoms. The van der Waals surface area contributed by atoms with Gasteiger partial charge in [0, 0.05) is 28.9 Å². The van der Waals surface area contributed by atoms with Crippen molar-refractivity contribution in [2.75, 3.05) is 12.4 Å². The van der Waals surface area contributed by atoms with Crippen LogP contribution >= 0.6 is 11.3 Å². The number of carbonyl (C=O) groups excluding carboxylic acids is 1. The van der Waals surface area contributed by atoms with Gasteiger partial charge in [0.1, 0.15) is 18.1 Å². The molecule has 4 aromatic rings. The van der Waals surface area contributed by atoms with E-state index < -0.39 is 0 Å². The number of amides is 1. The van der Waals surface area contributed by atoms with Crippen LogP contribution in [0, 0.1) is 0 Å². The predicted octanol–water partition coefficient (Wildman–Crippen LogP) is 3.60. The maximum absolute atomic E-state index is 12.3. The van der Waals surface area contributed by atoms with E-state index in [4.69, 9.17) is 9.47 Å². The lowest BCUT2D eigenvalue weighted by atomic mass is 10.2. The van der Waals surface area contributed by atoms with E-state index in [0.717, 1.165) is 0 Å². The van der Waals surface area contributed by atoms with E-state index in [9.17, 15) is 9.59 Å². The molecule has 29 heavy (non-hydrogen) atoms. The van der Waals surface area contributed by atoms with E-state index in [1.807, 2.05) is 5.38 Å². The Hall–Kier alpha value is -3.65. The summed E-state index contributed by atoms with van der Waals surface area (Å²) >= 11 is 1.39. The van der Waals surface area contributed by atoms with Crippen molar-refractivity contribution in [3.63, 3.8) is 0 Å². The molecular formula is C21H17N3O4S. The maximum Gasteiger partial charge on any atom is 0.258 e. The van der Waals surface area contributed by atoms with Crippen molar-refractivity contribution in [1.82, 2.24) is 9.38 Å². The van der Waals surface area contributed by atoms with E-state index in [1.54, 1.807) is 61.8 Å². The van der Waals surface area contributed by atoms with Crippen LogP contribution in [0.15, 0.2) is 71.0 Å².